The van der Waals surface area contributed by atoms with Gasteiger partial charge in [-0.05, 0) is 51.9 Å². The quantitative estimate of drug-likeness (QED) is 0.0293. The number of carbonyl (C=O) groups is 7. The monoisotopic (exact) mass is 969 g/mol. The molecule has 1 unspecified atom stereocenters. The van der Waals surface area contributed by atoms with E-state index in [2.05, 4.69) is 52.3 Å². The van der Waals surface area contributed by atoms with Crippen LogP contribution in [0.25, 0.3) is 0 Å². The summed E-state index contributed by atoms with van der Waals surface area (Å²) in [6, 6.07) is -1.27. The molecule has 0 spiro atoms. The normalized spacial score (nSPS) is 11.4. The Bertz CT molecular complexity index is 1350. The number of carbonyl (C=O) groups excluding carboxylic acids is 6. The minimum Gasteiger partial charge on any atom is -0.480 e. The SMILES string of the molecule is C=C(C)CCCCCCCCCCCCCCCCC(=O)NCCCC(=O)NCCOCCOCC(=O)NCCOCCOCC(=O)NC(CCC(=O)NCCCC(=O)NCCCCC)C(=O)O. The lowest BCUT2D eigenvalue weighted by Crippen LogP contribution is -2.43. The first kappa shape index (κ1) is 63.9. The van der Waals surface area contributed by atoms with Crippen LogP contribution < -0.4 is 31.9 Å². The third kappa shape index (κ3) is 47.0. The molecule has 18 heteroatoms. The van der Waals surface area contributed by atoms with Gasteiger partial charge in [0.05, 0.1) is 39.6 Å². The van der Waals surface area contributed by atoms with Gasteiger partial charge in [0.2, 0.25) is 35.4 Å². The second kappa shape index (κ2) is 47.9. The number of unbranched alkanes of at least 4 members (excludes halogenated alkanes) is 15. The third-order valence-electron chi connectivity index (χ3n) is 10.8. The molecule has 0 saturated carbocycles. The number of hydrogen-bond donors (Lipinski definition) is 7. The Balaban J connectivity index is 3.60. The summed E-state index contributed by atoms with van der Waals surface area (Å²) in [5, 5.41) is 25.6. The van der Waals surface area contributed by atoms with Crippen molar-refractivity contribution in [3.63, 3.8) is 0 Å². The van der Waals surface area contributed by atoms with E-state index in [1.54, 1.807) is 0 Å². The van der Waals surface area contributed by atoms with Gasteiger partial charge in [0.25, 0.3) is 0 Å². The van der Waals surface area contributed by atoms with E-state index >= 15 is 0 Å². The van der Waals surface area contributed by atoms with Crippen LogP contribution in [0.2, 0.25) is 0 Å². The number of hydrogen-bond acceptors (Lipinski definition) is 11. The van der Waals surface area contributed by atoms with E-state index < -0.39 is 24.5 Å². The molecule has 0 bridgehead atoms. The Morgan fingerprint density at radius 2 is 0.779 bits per heavy atom. The van der Waals surface area contributed by atoms with Crippen LogP contribution in [0.3, 0.4) is 0 Å². The Hall–Kier alpha value is -4.13. The minimum absolute atomic E-state index is 0.0438. The molecule has 0 aliphatic heterocycles. The van der Waals surface area contributed by atoms with Crippen molar-refractivity contribution in [2.45, 2.75) is 180 Å². The fourth-order valence-electron chi connectivity index (χ4n) is 6.86. The number of carboxylic acids is 1. The Labute approximate surface area is 408 Å². The zero-order chi connectivity index (χ0) is 50.1. The summed E-state index contributed by atoms with van der Waals surface area (Å²) in [5.74, 6) is -2.76. The average molecular weight is 969 g/mol. The lowest BCUT2D eigenvalue weighted by Gasteiger charge is -2.14. The van der Waals surface area contributed by atoms with Gasteiger partial charge in [0, 0.05) is 58.4 Å². The molecule has 0 saturated heterocycles. The van der Waals surface area contributed by atoms with E-state index in [-0.39, 0.29) is 102 Å². The van der Waals surface area contributed by atoms with E-state index in [0.717, 1.165) is 32.1 Å². The lowest BCUT2D eigenvalue weighted by molar-refractivity contribution is -0.143. The number of allylic oxidation sites excluding steroid dienone is 1. The van der Waals surface area contributed by atoms with Crippen LogP contribution in [-0.4, -0.2) is 138 Å². The predicted molar refractivity (Wildman–Crippen MR) is 264 cm³/mol. The van der Waals surface area contributed by atoms with Crippen molar-refractivity contribution in [3.05, 3.63) is 12.2 Å². The molecule has 0 aromatic heterocycles. The highest BCUT2D eigenvalue weighted by Gasteiger charge is 2.21. The lowest BCUT2D eigenvalue weighted by atomic mass is 10.0. The van der Waals surface area contributed by atoms with Crippen LogP contribution in [0.1, 0.15) is 174 Å². The van der Waals surface area contributed by atoms with E-state index in [4.69, 9.17) is 18.9 Å². The van der Waals surface area contributed by atoms with E-state index in [9.17, 15) is 38.7 Å². The molecule has 6 amide bonds. The molecule has 7 N–H and O–H groups in total. The van der Waals surface area contributed by atoms with Gasteiger partial charge in [0.15, 0.2) is 0 Å². The van der Waals surface area contributed by atoms with Gasteiger partial charge >= 0.3 is 5.97 Å². The summed E-state index contributed by atoms with van der Waals surface area (Å²) < 4.78 is 21.3. The number of aliphatic carboxylic acids is 1. The molecule has 0 aliphatic carbocycles. The fourth-order valence-corrected chi connectivity index (χ4v) is 6.86. The second-order valence-corrected chi connectivity index (χ2v) is 17.4. The maximum atomic E-state index is 12.2. The molecule has 0 aliphatic rings. The molecule has 0 rings (SSSR count). The second-order valence-electron chi connectivity index (χ2n) is 17.4. The Kier molecular flexibility index (Phi) is 45.0. The molecule has 0 heterocycles. The van der Waals surface area contributed by atoms with Gasteiger partial charge in [-0.3, -0.25) is 28.8 Å². The first-order valence-electron chi connectivity index (χ1n) is 25.8. The average Bonchev–Trinajstić information content (AvgIpc) is 3.30. The van der Waals surface area contributed by atoms with Crippen molar-refractivity contribution in [2.75, 3.05) is 85.6 Å². The predicted octanol–water partition coefficient (Wildman–Crippen LogP) is 5.55. The van der Waals surface area contributed by atoms with E-state index in [1.807, 2.05) is 0 Å². The van der Waals surface area contributed by atoms with Crippen LogP contribution in [0.5, 0.6) is 0 Å². The first-order chi connectivity index (χ1) is 32.9. The van der Waals surface area contributed by atoms with Gasteiger partial charge in [-0.2, -0.15) is 0 Å². The van der Waals surface area contributed by atoms with Crippen LogP contribution in [0.15, 0.2) is 12.2 Å². The van der Waals surface area contributed by atoms with Gasteiger partial charge in [0.1, 0.15) is 19.3 Å². The summed E-state index contributed by atoms with van der Waals surface area (Å²) in [4.78, 5) is 83.8. The zero-order valence-electron chi connectivity index (χ0n) is 42.1. The van der Waals surface area contributed by atoms with Crippen LogP contribution in [0, 0.1) is 0 Å². The van der Waals surface area contributed by atoms with Crippen molar-refractivity contribution in [3.8, 4) is 0 Å². The topological polar surface area (TPSA) is 249 Å². The maximum Gasteiger partial charge on any atom is 0.326 e. The van der Waals surface area contributed by atoms with Crippen LogP contribution >= 0.6 is 0 Å². The highest BCUT2D eigenvalue weighted by atomic mass is 16.5. The molecular formula is C50H92N6O12. The molecule has 0 fully saturated rings. The molecule has 394 valence electrons. The minimum atomic E-state index is -1.27. The van der Waals surface area contributed by atoms with Crippen molar-refractivity contribution in [1.29, 1.82) is 0 Å². The summed E-state index contributed by atoms with van der Waals surface area (Å²) in [7, 11) is 0. The van der Waals surface area contributed by atoms with Gasteiger partial charge in [-0.1, -0.05) is 102 Å². The summed E-state index contributed by atoms with van der Waals surface area (Å²) >= 11 is 0. The molecule has 18 nitrogen and oxygen atoms in total. The molecular weight excluding hydrogens is 877 g/mol. The smallest absolute Gasteiger partial charge is 0.326 e. The molecule has 0 radical (unpaired) electrons. The highest BCUT2D eigenvalue weighted by Crippen LogP contribution is 2.14. The fraction of sp³-hybridized carbons (Fsp3) is 0.820. The van der Waals surface area contributed by atoms with Crippen molar-refractivity contribution < 1.29 is 57.6 Å². The molecule has 0 aromatic rings. The maximum absolute atomic E-state index is 12.2. The third-order valence-corrected chi connectivity index (χ3v) is 10.8. The molecule has 68 heavy (non-hydrogen) atoms. The van der Waals surface area contributed by atoms with Crippen molar-refractivity contribution in [2.24, 2.45) is 0 Å². The van der Waals surface area contributed by atoms with Crippen LogP contribution in [0.4, 0.5) is 0 Å². The zero-order valence-corrected chi connectivity index (χ0v) is 42.1. The molecule has 1 atom stereocenters. The number of carboxylic acid groups (broad SMARTS) is 1. The Morgan fingerprint density at radius 3 is 1.24 bits per heavy atom. The Morgan fingerprint density at radius 1 is 0.412 bits per heavy atom. The van der Waals surface area contributed by atoms with Crippen molar-refractivity contribution >= 4 is 41.4 Å². The van der Waals surface area contributed by atoms with E-state index in [1.165, 1.54) is 89.0 Å². The van der Waals surface area contributed by atoms with Gasteiger partial charge < -0.3 is 56.0 Å². The van der Waals surface area contributed by atoms with Crippen LogP contribution in [-0.2, 0) is 52.5 Å². The number of nitrogens with one attached hydrogen (secondary N) is 6. The number of rotatable bonds is 50. The largest absolute Gasteiger partial charge is 0.480 e. The molecule has 0 aromatic carbocycles. The number of ether oxygens (including phenoxy) is 4. The summed E-state index contributed by atoms with van der Waals surface area (Å²) in [5.41, 5.74) is 1.30. The highest BCUT2D eigenvalue weighted by molar-refractivity contribution is 5.85. The van der Waals surface area contributed by atoms with Gasteiger partial charge in [-0.25, -0.2) is 4.79 Å². The standard InChI is InChI=1S/C50H92N6O12/c1-4-5-20-29-51-45(58)25-21-31-53-47(60)28-27-43(50(63)64)56-49(62)41-68-39-37-66-35-33-55-48(61)40-67-38-36-65-34-32-54-46(59)26-22-30-52-44(57)24-19-17-15-13-11-9-7-6-8-10-12-14-16-18-23-42(2)3/h43H,2,4-41H2,1,3H3,(H,51,58)(H,52,57)(H,53,60)(H,54,59)(H,55,61)(H,56,62)(H,63,64). The van der Waals surface area contributed by atoms with Gasteiger partial charge in [-0.15, -0.1) is 6.58 Å². The van der Waals surface area contributed by atoms with Crippen molar-refractivity contribution in [1.82, 2.24) is 31.9 Å². The van der Waals surface area contributed by atoms with E-state index in [0.29, 0.717) is 51.9 Å². The summed E-state index contributed by atoms with van der Waals surface area (Å²) in [6.07, 6.45) is 23.9. The number of amides is 6. The first-order valence-corrected chi connectivity index (χ1v) is 25.8. The summed E-state index contributed by atoms with van der Waals surface area (Å²) in [6.45, 7) is 10.7.